The molecule has 0 saturated heterocycles. The van der Waals surface area contributed by atoms with Crippen LogP contribution in [0.15, 0.2) is 61.2 Å². The molecule has 1 aliphatic heterocycles. The third kappa shape index (κ3) is 3.02. The van der Waals surface area contributed by atoms with Crippen molar-refractivity contribution in [1.82, 2.24) is 19.7 Å². The van der Waals surface area contributed by atoms with Crippen LogP contribution in [-0.4, -0.2) is 45.2 Å². The van der Waals surface area contributed by atoms with E-state index in [0.29, 0.717) is 17.8 Å². The van der Waals surface area contributed by atoms with Gasteiger partial charge in [-0.1, -0.05) is 24.3 Å². The number of benzene rings is 2. The summed E-state index contributed by atoms with van der Waals surface area (Å²) >= 11 is 0. The van der Waals surface area contributed by atoms with E-state index in [1.165, 1.54) is 11.2 Å². The molecular weight excluding hydrogens is 342 g/mol. The van der Waals surface area contributed by atoms with E-state index in [1.54, 1.807) is 35.3 Å². The summed E-state index contributed by atoms with van der Waals surface area (Å²) < 4.78 is 1.70. The number of imide groups is 1. The van der Waals surface area contributed by atoms with Crippen molar-refractivity contribution in [2.75, 3.05) is 13.7 Å². The Bertz CT molecular complexity index is 947. The Balaban J connectivity index is 1.48. The van der Waals surface area contributed by atoms with Crippen LogP contribution in [0.5, 0.6) is 0 Å². The summed E-state index contributed by atoms with van der Waals surface area (Å²) in [7, 11) is 1.99. The van der Waals surface area contributed by atoms with Crippen LogP contribution in [0, 0.1) is 0 Å². The summed E-state index contributed by atoms with van der Waals surface area (Å²) in [6, 6.07) is 15.1. The van der Waals surface area contributed by atoms with Gasteiger partial charge in [-0.05, 0) is 31.2 Å². The molecule has 27 heavy (non-hydrogen) atoms. The van der Waals surface area contributed by atoms with E-state index in [4.69, 9.17) is 0 Å². The molecule has 0 radical (unpaired) electrons. The van der Waals surface area contributed by atoms with Gasteiger partial charge in [-0.2, -0.15) is 5.10 Å². The van der Waals surface area contributed by atoms with Crippen LogP contribution in [0.3, 0.4) is 0 Å². The lowest BCUT2D eigenvalue weighted by atomic mass is 10.1. The van der Waals surface area contributed by atoms with Crippen molar-refractivity contribution in [2.24, 2.45) is 0 Å². The van der Waals surface area contributed by atoms with Gasteiger partial charge in [0.05, 0.1) is 23.9 Å². The van der Waals surface area contributed by atoms with Crippen molar-refractivity contribution in [2.45, 2.75) is 13.0 Å². The number of aromatic nitrogens is 3. The molecule has 136 valence electrons. The van der Waals surface area contributed by atoms with Crippen LogP contribution in [-0.2, 0) is 0 Å². The van der Waals surface area contributed by atoms with Crippen molar-refractivity contribution >= 4 is 11.8 Å². The number of nitrogens with zero attached hydrogens (tertiary/aromatic N) is 4. The average molecular weight is 362 g/mol. The zero-order chi connectivity index (χ0) is 19.0. The van der Waals surface area contributed by atoms with E-state index in [-0.39, 0.29) is 17.9 Å². The van der Waals surface area contributed by atoms with E-state index in [0.717, 1.165) is 16.2 Å². The summed E-state index contributed by atoms with van der Waals surface area (Å²) in [4.78, 5) is 31.4. The Kier molecular flexibility index (Phi) is 4.29. The maximum Gasteiger partial charge on any atom is 0.265 e. The van der Waals surface area contributed by atoms with Crippen molar-refractivity contribution in [3.05, 3.63) is 77.9 Å². The molecule has 1 aliphatic rings. The van der Waals surface area contributed by atoms with Gasteiger partial charge in [-0.25, -0.2) is 14.6 Å². The monoisotopic (exact) mass is 362 g/mol. The summed E-state index contributed by atoms with van der Waals surface area (Å²) in [5.74, 6) is -0.438. The number of carbonyl (C=O) groups excluding carboxylic acids is 2. The van der Waals surface area contributed by atoms with E-state index in [9.17, 15) is 9.59 Å². The van der Waals surface area contributed by atoms with E-state index < -0.39 is 0 Å². The molecule has 7 heteroatoms. The summed E-state index contributed by atoms with van der Waals surface area (Å²) in [6.45, 7) is 2.40. The number of hydrogen-bond acceptors (Lipinski definition) is 4. The molecule has 2 aromatic carbocycles. The van der Waals surface area contributed by atoms with Crippen molar-refractivity contribution in [3.63, 3.8) is 0 Å². The summed E-state index contributed by atoms with van der Waals surface area (Å²) in [5, 5.41) is 4.12. The smallest absolute Gasteiger partial charge is 0.265 e. The minimum absolute atomic E-state index is 0.110. The molecule has 2 amide bonds. The predicted octanol–water partition coefficient (Wildman–Crippen LogP) is 1.10. The highest BCUT2D eigenvalue weighted by atomic mass is 16.2. The van der Waals surface area contributed by atoms with Crippen LogP contribution < -0.4 is 4.90 Å². The van der Waals surface area contributed by atoms with Crippen LogP contribution in [0.4, 0.5) is 0 Å². The van der Waals surface area contributed by atoms with Gasteiger partial charge in [0.25, 0.3) is 11.8 Å². The fourth-order valence-corrected chi connectivity index (χ4v) is 3.31. The number of hydrogen-bond donors (Lipinski definition) is 1. The van der Waals surface area contributed by atoms with E-state index in [1.807, 2.05) is 31.3 Å². The quantitative estimate of drug-likeness (QED) is 0.690. The first-order chi connectivity index (χ1) is 13.1. The molecule has 2 heterocycles. The molecule has 1 unspecified atom stereocenters. The minimum atomic E-state index is -0.219. The lowest BCUT2D eigenvalue weighted by Gasteiger charge is -2.25. The zero-order valence-electron chi connectivity index (χ0n) is 15.2. The number of quaternary nitrogens is 1. The molecule has 1 aromatic heterocycles. The fourth-order valence-electron chi connectivity index (χ4n) is 3.31. The Morgan fingerprint density at radius 2 is 1.63 bits per heavy atom. The maximum absolute atomic E-state index is 12.6. The highest BCUT2D eigenvalue weighted by Gasteiger charge is 2.37. The zero-order valence-corrected chi connectivity index (χ0v) is 15.2. The topological polar surface area (TPSA) is 72.5 Å². The first-order valence-electron chi connectivity index (χ1n) is 8.79. The van der Waals surface area contributed by atoms with Crippen LogP contribution >= 0.6 is 0 Å². The van der Waals surface area contributed by atoms with Gasteiger partial charge < -0.3 is 4.90 Å². The van der Waals surface area contributed by atoms with Gasteiger partial charge in [0.1, 0.15) is 18.7 Å². The Morgan fingerprint density at radius 1 is 1.00 bits per heavy atom. The molecule has 2 atom stereocenters. The van der Waals surface area contributed by atoms with Crippen molar-refractivity contribution in [3.8, 4) is 5.69 Å². The highest BCUT2D eigenvalue weighted by molar-refractivity contribution is 6.21. The Hall–Kier alpha value is -3.32. The third-order valence-corrected chi connectivity index (χ3v) is 5.10. The molecular formula is C20H20N5O2+. The van der Waals surface area contributed by atoms with Crippen molar-refractivity contribution < 1.29 is 14.5 Å². The molecule has 0 bridgehead atoms. The molecule has 1 N–H and O–H groups in total. The van der Waals surface area contributed by atoms with E-state index >= 15 is 0 Å². The molecule has 0 aliphatic carbocycles. The largest absolute Gasteiger partial charge is 0.314 e. The summed E-state index contributed by atoms with van der Waals surface area (Å²) in [6.07, 6.45) is 3.15. The first kappa shape index (κ1) is 17.1. The number of nitrogens with one attached hydrogen (secondary N) is 1. The number of carbonyl (C=O) groups is 2. The van der Waals surface area contributed by atoms with Gasteiger partial charge in [-0.3, -0.25) is 9.59 Å². The fraction of sp³-hybridized carbons (Fsp3) is 0.200. The average Bonchev–Trinajstić information content (AvgIpc) is 3.32. The minimum Gasteiger partial charge on any atom is -0.314 e. The maximum atomic E-state index is 12.6. The lowest BCUT2D eigenvalue weighted by Crippen LogP contribution is -3.10. The van der Waals surface area contributed by atoms with Crippen LogP contribution in [0.2, 0.25) is 0 Å². The lowest BCUT2D eigenvalue weighted by molar-refractivity contribution is -0.917. The molecule has 0 spiro atoms. The molecule has 3 aromatic rings. The Morgan fingerprint density at radius 3 is 2.19 bits per heavy atom. The summed E-state index contributed by atoms with van der Waals surface area (Å²) in [5.41, 5.74) is 3.02. The third-order valence-electron chi connectivity index (χ3n) is 5.10. The second kappa shape index (κ2) is 6.77. The van der Waals surface area contributed by atoms with Gasteiger partial charge in [0, 0.05) is 5.56 Å². The van der Waals surface area contributed by atoms with Gasteiger partial charge in [-0.15, -0.1) is 0 Å². The van der Waals surface area contributed by atoms with Gasteiger partial charge in [0.15, 0.2) is 6.67 Å². The second-order valence-corrected chi connectivity index (χ2v) is 6.74. The van der Waals surface area contributed by atoms with Crippen LogP contribution in [0.1, 0.15) is 39.2 Å². The Labute approximate surface area is 156 Å². The molecule has 7 nitrogen and oxygen atoms in total. The number of fused-ring (bicyclic) bond motifs is 1. The molecule has 0 fully saturated rings. The molecule has 4 rings (SSSR count). The number of amides is 2. The van der Waals surface area contributed by atoms with Crippen LogP contribution in [0.25, 0.3) is 5.69 Å². The highest BCUT2D eigenvalue weighted by Crippen LogP contribution is 2.21. The molecule has 0 saturated carbocycles. The van der Waals surface area contributed by atoms with Gasteiger partial charge in [0.2, 0.25) is 0 Å². The van der Waals surface area contributed by atoms with Crippen molar-refractivity contribution in [1.29, 1.82) is 0 Å². The SMILES string of the molecule is C[C@@H](c1ccc(-n2cncn2)cc1)[NH+](C)CN1C(=O)c2ccccc2C1=O. The standard InChI is InChI=1S/C20H19N5O2/c1-14(15-7-9-16(10-8-15)25-12-21-11-22-25)23(2)13-24-19(26)17-5-3-4-6-18(17)20(24)27/h3-12,14H,13H2,1-2H3/p+1/t14-/m0/s1. The predicted molar refractivity (Wildman–Crippen MR) is 98.5 cm³/mol. The second-order valence-electron chi connectivity index (χ2n) is 6.74. The normalized spacial score (nSPS) is 15.7. The number of rotatable bonds is 5. The first-order valence-corrected chi connectivity index (χ1v) is 8.79. The van der Waals surface area contributed by atoms with E-state index in [2.05, 4.69) is 17.0 Å². The van der Waals surface area contributed by atoms with Gasteiger partial charge >= 0.3 is 0 Å².